The van der Waals surface area contributed by atoms with E-state index in [1.807, 2.05) is 0 Å². The molecule has 96 valence electrons. The summed E-state index contributed by atoms with van der Waals surface area (Å²) in [5.74, 6) is 0.991. The molecule has 1 heterocycles. The predicted octanol–water partition coefficient (Wildman–Crippen LogP) is 3.97. The van der Waals surface area contributed by atoms with Crippen molar-refractivity contribution in [2.75, 3.05) is 12.3 Å². The summed E-state index contributed by atoms with van der Waals surface area (Å²) in [5.41, 5.74) is 0.708. The topological polar surface area (TPSA) is 32.7 Å². The van der Waals surface area contributed by atoms with Crippen LogP contribution in [-0.2, 0) is 4.79 Å². The maximum atomic E-state index is 11.5. The molecule has 0 aliphatic carbocycles. The summed E-state index contributed by atoms with van der Waals surface area (Å²) >= 11 is 13.4. The lowest BCUT2D eigenvalue weighted by Crippen LogP contribution is -2.37. The Kier molecular flexibility index (Phi) is 4.54. The summed E-state index contributed by atoms with van der Waals surface area (Å²) < 4.78 is 0. The molecule has 0 radical (unpaired) electrons. The van der Waals surface area contributed by atoms with E-state index in [9.17, 15) is 4.79 Å². The van der Waals surface area contributed by atoms with E-state index in [4.69, 9.17) is 23.2 Å². The van der Waals surface area contributed by atoms with Crippen LogP contribution in [0.25, 0.3) is 0 Å². The summed E-state index contributed by atoms with van der Waals surface area (Å²) in [5, 5.41) is 1.70. The Bertz CT molecular complexity index is 505. The van der Waals surface area contributed by atoms with E-state index in [1.54, 1.807) is 41.8 Å². The molecular formula is C12H12Cl2N2OS. The molecule has 2 rings (SSSR count). The van der Waals surface area contributed by atoms with Crippen LogP contribution in [0, 0.1) is 0 Å². The second-order valence-electron chi connectivity index (χ2n) is 3.87. The molecule has 0 atom stereocenters. The van der Waals surface area contributed by atoms with Crippen molar-refractivity contribution < 1.29 is 4.79 Å². The van der Waals surface area contributed by atoms with Crippen LogP contribution >= 0.6 is 35.0 Å². The third-order valence-corrected chi connectivity index (χ3v) is 4.30. The number of amidine groups is 1. The molecule has 1 aromatic carbocycles. The molecule has 1 aromatic rings. The molecule has 0 saturated carbocycles. The normalized spacial score (nSPS) is 18.2. The molecule has 0 unspecified atom stereocenters. The van der Waals surface area contributed by atoms with Gasteiger partial charge in [0, 0.05) is 19.2 Å². The maximum absolute atomic E-state index is 11.5. The first-order chi connectivity index (χ1) is 8.58. The zero-order valence-electron chi connectivity index (χ0n) is 9.82. The largest absolute Gasteiger partial charge is 0.292 e. The molecule has 1 aliphatic heterocycles. The van der Waals surface area contributed by atoms with Crippen molar-refractivity contribution in [3.8, 4) is 0 Å². The third-order valence-electron chi connectivity index (χ3n) is 2.50. The number of rotatable bonds is 1. The number of hydrogen-bond acceptors (Lipinski definition) is 3. The van der Waals surface area contributed by atoms with Crippen LogP contribution in [0.4, 0.5) is 5.69 Å². The Morgan fingerprint density at radius 1 is 1.39 bits per heavy atom. The predicted molar refractivity (Wildman–Crippen MR) is 78.0 cm³/mol. The van der Waals surface area contributed by atoms with Crippen LogP contribution in [0.2, 0.25) is 10.0 Å². The van der Waals surface area contributed by atoms with Crippen LogP contribution < -0.4 is 0 Å². The van der Waals surface area contributed by atoms with E-state index in [2.05, 4.69) is 4.99 Å². The van der Waals surface area contributed by atoms with Crippen molar-refractivity contribution >= 4 is 51.7 Å². The smallest absolute Gasteiger partial charge is 0.225 e. The maximum Gasteiger partial charge on any atom is 0.225 e. The van der Waals surface area contributed by atoms with E-state index in [1.165, 1.54) is 0 Å². The first-order valence-electron chi connectivity index (χ1n) is 5.52. The molecule has 1 fully saturated rings. The molecule has 1 aliphatic rings. The summed E-state index contributed by atoms with van der Waals surface area (Å²) in [6, 6.07) is 5.19. The highest BCUT2D eigenvalue weighted by molar-refractivity contribution is 8.13. The standard InChI is InChI=1S/C12H12Cl2N2OS/c1-8(17)16-5-2-6-18-12(16)15-9-3-4-10(13)11(14)7-9/h3-4,7H,2,5-6H2,1H3. The van der Waals surface area contributed by atoms with E-state index in [-0.39, 0.29) is 5.91 Å². The molecule has 6 heteroatoms. The number of halogens is 2. The molecule has 0 N–H and O–H groups in total. The summed E-state index contributed by atoms with van der Waals surface area (Å²) in [6.07, 6.45) is 0.991. The van der Waals surface area contributed by atoms with E-state index in [0.29, 0.717) is 15.7 Å². The number of carbonyl (C=O) groups excluding carboxylic acids is 1. The molecule has 1 amide bonds. The highest BCUT2D eigenvalue weighted by Crippen LogP contribution is 2.28. The van der Waals surface area contributed by atoms with Gasteiger partial charge in [0.2, 0.25) is 5.91 Å². The van der Waals surface area contributed by atoms with Gasteiger partial charge in [0.05, 0.1) is 15.7 Å². The van der Waals surface area contributed by atoms with Gasteiger partial charge in [0.15, 0.2) is 5.17 Å². The second-order valence-corrected chi connectivity index (χ2v) is 5.74. The minimum atomic E-state index is 0.0148. The molecule has 3 nitrogen and oxygen atoms in total. The second kappa shape index (κ2) is 5.95. The molecule has 18 heavy (non-hydrogen) atoms. The average Bonchev–Trinajstić information content (AvgIpc) is 2.34. The van der Waals surface area contributed by atoms with Gasteiger partial charge in [-0.2, -0.15) is 0 Å². The van der Waals surface area contributed by atoms with Gasteiger partial charge >= 0.3 is 0 Å². The number of nitrogens with zero attached hydrogens (tertiary/aromatic N) is 2. The zero-order valence-corrected chi connectivity index (χ0v) is 12.1. The van der Waals surface area contributed by atoms with Crippen molar-refractivity contribution in [1.29, 1.82) is 0 Å². The number of hydrogen-bond donors (Lipinski definition) is 0. The van der Waals surface area contributed by atoms with Gasteiger partial charge < -0.3 is 0 Å². The average molecular weight is 303 g/mol. The number of carbonyl (C=O) groups is 1. The first-order valence-corrected chi connectivity index (χ1v) is 7.27. The molecule has 1 saturated heterocycles. The Morgan fingerprint density at radius 3 is 2.83 bits per heavy atom. The van der Waals surface area contributed by atoms with E-state index in [0.717, 1.165) is 23.9 Å². The highest BCUT2D eigenvalue weighted by Gasteiger charge is 2.20. The van der Waals surface area contributed by atoms with Crippen LogP contribution in [0.3, 0.4) is 0 Å². The Hall–Kier alpha value is -0.710. The lowest BCUT2D eigenvalue weighted by atomic mass is 10.3. The lowest BCUT2D eigenvalue weighted by Gasteiger charge is -2.26. The van der Waals surface area contributed by atoms with Gasteiger partial charge in [-0.3, -0.25) is 9.69 Å². The van der Waals surface area contributed by atoms with E-state index >= 15 is 0 Å². The van der Waals surface area contributed by atoms with Crippen LogP contribution in [-0.4, -0.2) is 28.3 Å². The van der Waals surface area contributed by atoms with Crippen LogP contribution in [0.1, 0.15) is 13.3 Å². The number of thioether (sulfide) groups is 1. The molecule has 0 aromatic heterocycles. The van der Waals surface area contributed by atoms with Gasteiger partial charge in [0.25, 0.3) is 0 Å². The SMILES string of the molecule is CC(=O)N1CCCSC1=Nc1ccc(Cl)c(Cl)c1. The first kappa shape index (κ1) is 13.7. The lowest BCUT2D eigenvalue weighted by molar-refractivity contribution is -0.125. The molecule has 0 bridgehead atoms. The molecule has 0 spiro atoms. The Balaban J connectivity index is 2.29. The fraction of sp³-hybridized carbons (Fsp3) is 0.333. The minimum Gasteiger partial charge on any atom is -0.292 e. The van der Waals surface area contributed by atoms with Gasteiger partial charge in [-0.1, -0.05) is 35.0 Å². The Labute approximate surface area is 120 Å². The third kappa shape index (κ3) is 3.19. The monoisotopic (exact) mass is 302 g/mol. The van der Waals surface area contributed by atoms with Gasteiger partial charge in [-0.25, -0.2) is 4.99 Å². The summed E-state index contributed by atoms with van der Waals surface area (Å²) in [6.45, 7) is 2.28. The zero-order chi connectivity index (χ0) is 13.1. The van der Waals surface area contributed by atoms with Crippen molar-refractivity contribution in [2.45, 2.75) is 13.3 Å². The quantitative estimate of drug-likeness (QED) is 0.786. The molecular weight excluding hydrogens is 291 g/mol. The van der Waals surface area contributed by atoms with Crippen molar-refractivity contribution in [1.82, 2.24) is 4.90 Å². The van der Waals surface area contributed by atoms with Crippen molar-refractivity contribution in [2.24, 2.45) is 4.99 Å². The van der Waals surface area contributed by atoms with Crippen molar-refractivity contribution in [3.05, 3.63) is 28.2 Å². The number of aliphatic imine (C=N–C) groups is 1. The Morgan fingerprint density at radius 2 is 2.17 bits per heavy atom. The minimum absolute atomic E-state index is 0.0148. The van der Waals surface area contributed by atoms with Gasteiger partial charge in [0.1, 0.15) is 0 Å². The highest BCUT2D eigenvalue weighted by atomic mass is 35.5. The number of benzene rings is 1. The fourth-order valence-electron chi connectivity index (χ4n) is 1.61. The fourth-order valence-corrected chi connectivity index (χ4v) is 2.90. The van der Waals surface area contributed by atoms with E-state index < -0.39 is 0 Å². The summed E-state index contributed by atoms with van der Waals surface area (Å²) in [7, 11) is 0. The van der Waals surface area contributed by atoms with Gasteiger partial charge in [-0.15, -0.1) is 0 Å². The van der Waals surface area contributed by atoms with Crippen LogP contribution in [0.5, 0.6) is 0 Å². The summed E-state index contributed by atoms with van der Waals surface area (Å²) in [4.78, 5) is 17.7. The number of amides is 1. The van der Waals surface area contributed by atoms with Gasteiger partial charge in [-0.05, 0) is 24.6 Å². The van der Waals surface area contributed by atoms with Crippen LogP contribution in [0.15, 0.2) is 23.2 Å². The van der Waals surface area contributed by atoms with Crippen molar-refractivity contribution in [3.63, 3.8) is 0 Å².